The lowest BCUT2D eigenvalue weighted by Gasteiger charge is -2.02. The Hall–Kier alpha value is -2.92. The molecule has 0 saturated carbocycles. The molecule has 3 aromatic rings. The lowest BCUT2D eigenvalue weighted by atomic mass is 10.1. The van der Waals surface area contributed by atoms with Crippen LogP contribution in [0.15, 0.2) is 66.9 Å². The first-order valence-electron chi connectivity index (χ1n) is 7.36. The van der Waals surface area contributed by atoms with E-state index in [1.807, 2.05) is 71.5 Å². The standard InChI is InChI=1S/C18H17N3O2/c22-17(23)12-19-11-15-13-21(16-9-5-2-6-10-16)20-18(15)14-7-3-1-4-8-14/h1-10,13,19H,11-12H2,(H,22,23). The molecule has 0 amide bonds. The van der Waals surface area contributed by atoms with Crippen molar-refractivity contribution in [3.63, 3.8) is 0 Å². The highest BCUT2D eigenvalue weighted by molar-refractivity contribution is 5.69. The molecular weight excluding hydrogens is 290 g/mol. The van der Waals surface area contributed by atoms with Gasteiger partial charge in [0.1, 0.15) is 0 Å². The Balaban J connectivity index is 1.95. The fourth-order valence-corrected chi connectivity index (χ4v) is 2.40. The molecule has 5 nitrogen and oxygen atoms in total. The third-order valence-corrected chi connectivity index (χ3v) is 3.45. The Labute approximate surface area is 134 Å². The van der Waals surface area contributed by atoms with Gasteiger partial charge in [-0.2, -0.15) is 5.10 Å². The highest BCUT2D eigenvalue weighted by Crippen LogP contribution is 2.23. The van der Waals surface area contributed by atoms with Gasteiger partial charge in [-0.05, 0) is 12.1 Å². The maximum Gasteiger partial charge on any atom is 0.317 e. The van der Waals surface area contributed by atoms with E-state index in [1.54, 1.807) is 0 Å². The number of aliphatic carboxylic acids is 1. The first-order chi connectivity index (χ1) is 11.2. The monoisotopic (exact) mass is 307 g/mol. The number of carbonyl (C=O) groups is 1. The molecular formula is C18H17N3O2. The van der Waals surface area contributed by atoms with Crippen LogP contribution in [0.25, 0.3) is 16.9 Å². The van der Waals surface area contributed by atoms with Gasteiger partial charge in [-0.1, -0.05) is 48.5 Å². The maximum atomic E-state index is 10.7. The van der Waals surface area contributed by atoms with Crippen LogP contribution < -0.4 is 5.32 Å². The molecule has 0 saturated heterocycles. The van der Waals surface area contributed by atoms with E-state index in [4.69, 9.17) is 5.11 Å². The van der Waals surface area contributed by atoms with Crippen LogP contribution in [0.4, 0.5) is 0 Å². The summed E-state index contributed by atoms with van der Waals surface area (Å²) in [5.74, 6) is -0.873. The Kier molecular flexibility index (Phi) is 4.49. The van der Waals surface area contributed by atoms with Gasteiger partial charge in [0, 0.05) is 23.9 Å². The molecule has 23 heavy (non-hydrogen) atoms. The Morgan fingerprint density at radius 3 is 2.35 bits per heavy atom. The number of nitrogens with zero attached hydrogens (tertiary/aromatic N) is 2. The Bertz CT molecular complexity index is 783. The number of carboxylic acids is 1. The molecule has 5 heteroatoms. The van der Waals surface area contributed by atoms with E-state index in [1.165, 1.54) is 0 Å². The van der Waals surface area contributed by atoms with E-state index in [2.05, 4.69) is 10.4 Å². The zero-order valence-corrected chi connectivity index (χ0v) is 12.5. The number of rotatable bonds is 6. The molecule has 3 rings (SSSR count). The summed E-state index contributed by atoms with van der Waals surface area (Å²) in [4.78, 5) is 10.7. The molecule has 0 atom stereocenters. The fourth-order valence-electron chi connectivity index (χ4n) is 2.40. The molecule has 0 radical (unpaired) electrons. The molecule has 0 spiro atoms. The normalized spacial score (nSPS) is 10.6. The first-order valence-corrected chi connectivity index (χ1v) is 7.36. The van der Waals surface area contributed by atoms with Crippen LogP contribution in [-0.2, 0) is 11.3 Å². The highest BCUT2D eigenvalue weighted by Gasteiger charge is 2.12. The van der Waals surface area contributed by atoms with Crippen molar-refractivity contribution in [2.45, 2.75) is 6.54 Å². The minimum Gasteiger partial charge on any atom is -0.480 e. The van der Waals surface area contributed by atoms with Crippen molar-refractivity contribution in [1.82, 2.24) is 15.1 Å². The summed E-state index contributed by atoms with van der Waals surface area (Å²) in [7, 11) is 0. The molecule has 116 valence electrons. The average Bonchev–Trinajstić information content (AvgIpc) is 3.00. The number of benzene rings is 2. The predicted octanol–water partition coefficient (Wildman–Crippen LogP) is 2.71. The number of para-hydroxylation sites is 1. The first kappa shape index (κ1) is 15.0. The molecule has 0 aliphatic heterocycles. The Morgan fingerprint density at radius 2 is 1.70 bits per heavy atom. The van der Waals surface area contributed by atoms with Crippen molar-refractivity contribution < 1.29 is 9.90 Å². The van der Waals surface area contributed by atoms with E-state index in [9.17, 15) is 4.79 Å². The molecule has 2 aromatic carbocycles. The summed E-state index contributed by atoms with van der Waals surface area (Å²) in [6.45, 7) is 0.369. The van der Waals surface area contributed by atoms with Crippen LogP contribution in [0.2, 0.25) is 0 Å². The second-order valence-electron chi connectivity index (χ2n) is 5.15. The molecule has 0 unspecified atom stereocenters. The molecule has 2 N–H and O–H groups in total. The van der Waals surface area contributed by atoms with Gasteiger partial charge in [0.05, 0.1) is 17.9 Å². The molecule has 1 heterocycles. The van der Waals surface area contributed by atoms with Crippen LogP contribution in [-0.4, -0.2) is 27.4 Å². The molecule has 0 fully saturated rings. The molecule has 1 aromatic heterocycles. The van der Waals surface area contributed by atoms with Crippen LogP contribution in [0, 0.1) is 0 Å². The summed E-state index contributed by atoms with van der Waals surface area (Å²) in [6, 6.07) is 19.7. The van der Waals surface area contributed by atoms with Gasteiger partial charge in [-0.3, -0.25) is 4.79 Å². The van der Waals surface area contributed by atoms with Gasteiger partial charge >= 0.3 is 5.97 Å². The van der Waals surface area contributed by atoms with E-state index in [0.29, 0.717) is 6.54 Å². The van der Waals surface area contributed by atoms with Crippen molar-refractivity contribution in [1.29, 1.82) is 0 Å². The van der Waals surface area contributed by atoms with Crippen molar-refractivity contribution in [3.05, 3.63) is 72.4 Å². The molecule has 0 bridgehead atoms. The van der Waals surface area contributed by atoms with Gasteiger partial charge in [-0.25, -0.2) is 4.68 Å². The third kappa shape index (κ3) is 3.64. The second-order valence-corrected chi connectivity index (χ2v) is 5.15. The predicted molar refractivity (Wildman–Crippen MR) is 88.3 cm³/mol. The third-order valence-electron chi connectivity index (χ3n) is 3.45. The van der Waals surface area contributed by atoms with Crippen LogP contribution in [0.1, 0.15) is 5.56 Å². The van der Waals surface area contributed by atoms with Gasteiger partial charge in [0.15, 0.2) is 0 Å². The van der Waals surface area contributed by atoms with Gasteiger partial charge in [0.25, 0.3) is 0 Å². The lowest BCUT2D eigenvalue weighted by Crippen LogP contribution is -2.21. The Morgan fingerprint density at radius 1 is 1.04 bits per heavy atom. The zero-order valence-electron chi connectivity index (χ0n) is 12.5. The van der Waals surface area contributed by atoms with E-state index >= 15 is 0 Å². The average molecular weight is 307 g/mol. The minimum absolute atomic E-state index is 0.0786. The van der Waals surface area contributed by atoms with Crippen molar-refractivity contribution >= 4 is 5.97 Å². The number of aromatic nitrogens is 2. The summed E-state index contributed by atoms with van der Waals surface area (Å²) in [5.41, 5.74) is 3.79. The number of nitrogens with one attached hydrogen (secondary N) is 1. The number of hydrogen-bond donors (Lipinski definition) is 2. The zero-order chi connectivity index (χ0) is 16.1. The SMILES string of the molecule is O=C(O)CNCc1cn(-c2ccccc2)nc1-c1ccccc1. The van der Waals surface area contributed by atoms with E-state index in [0.717, 1.165) is 22.5 Å². The number of carboxylic acid groups (broad SMARTS) is 1. The summed E-state index contributed by atoms with van der Waals surface area (Å²) < 4.78 is 1.82. The van der Waals surface area contributed by atoms with Gasteiger partial charge < -0.3 is 10.4 Å². The molecule has 0 aliphatic carbocycles. The minimum atomic E-state index is -0.873. The van der Waals surface area contributed by atoms with Gasteiger partial charge in [0.2, 0.25) is 0 Å². The topological polar surface area (TPSA) is 67.2 Å². The van der Waals surface area contributed by atoms with E-state index < -0.39 is 5.97 Å². The van der Waals surface area contributed by atoms with Crippen LogP contribution >= 0.6 is 0 Å². The fraction of sp³-hybridized carbons (Fsp3) is 0.111. The van der Waals surface area contributed by atoms with Crippen molar-refractivity contribution in [2.24, 2.45) is 0 Å². The van der Waals surface area contributed by atoms with E-state index in [-0.39, 0.29) is 6.54 Å². The van der Waals surface area contributed by atoms with Crippen molar-refractivity contribution in [3.8, 4) is 16.9 Å². The summed E-state index contributed by atoms with van der Waals surface area (Å²) in [6.07, 6.45) is 1.94. The quantitative estimate of drug-likeness (QED) is 0.735. The lowest BCUT2D eigenvalue weighted by molar-refractivity contribution is -0.135. The second kappa shape index (κ2) is 6.89. The largest absolute Gasteiger partial charge is 0.480 e. The van der Waals surface area contributed by atoms with Crippen LogP contribution in [0.3, 0.4) is 0 Å². The summed E-state index contributed by atoms with van der Waals surface area (Å²) >= 11 is 0. The van der Waals surface area contributed by atoms with Crippen LogP contribution in [0.5, 0.6) is 0 Å². The number of hydrogen-bond acceptors (Lipinski definition) is 3. The highest BCUT2D eigenvalue weighted by atomic mass is 16.4. The smallest absolute Gasteiger partial charge is 0.317 e. The molecule has 0 aliphatic rings. The maximum absolute atomic E-state index is 10.7. The summed E-state index contributed by atoms with van der Waals surface area (Å²) in [5, 5.41) is 16.4. The van der Waals surface area contributed by atoms with Crippen molar-refractivity contribution in [2.75, 3.05) is 6.54 Å². The van der Waals surface area contributed by atoms with Gasteiger partial charge in [-0.15, -0.1) is 0 Å².